The Labute approximate surface area is 116 Å². The van der Waals surface area contributed by atoms with Crippen LogP contribution in [0.15, 0.2) is 38.6 Å². The van der Waals surface area contributed by atoms with Crippen molar-refractivity contribution in [3.63, 3.8) is 0 Å². The average molecular weight is 361 g/mol. The molecule has 0 spiro atoms. The van der Waals surface area contributed by atoms with Gasteiger partial charge in [0.2, 0.25) is 0 Å². The Hall–Kier alpha value is -0.160. The van der Waals surface area contributed by atoms with Crippen molar-refractivity contribution in [3.05, 3.63) is 54.6 Å². The third-order valence-electron chi connectivity index (χ3n) is 2.40. The van der Waals surface area contributed by atoms with E-state index in [-0.39, 0.29) is 6.04 Å². The Morgan fingerprint density at radius 1 is 1.25 bits per heavy atom. The van der Waals surface area contributed by atoms with Crippen LogP contribution >= 0.6 is 43.2 Å². The lowest BCUT2D eigenvalue weighted by atomic mass is 10.0. The van der Waals surface area contributed by atoms with Crippen LogP contribution in [0.2, 0.25) is 0 Å². The summed E-state index contributed by atoms with van der Waals surface area (Å²) in [7, 11) is 0. The van der Waals surface area contributed by atoms with Gasteiger partial charge in [0.25, 0.3) is 0 Å². The third-order valence-corrected chi connectivity index (χ3v) is 4.50. The van der Waals surface area contributed by atoms with Crippen LogP contribution in [0.5, 0.6) is 0 Å². The van der Waals surface area contributed by atoms with E-state index in [0.29, 0.717) is 0 Å². The first-order valence-corrected chi connectivity index (χ1v) is 7.30. The van der Waals surface area contributed by atoms with E-state index >= 15 is 0 Å². The van der Waals surface area contributed by atoms with E-state index < -0.39 is 0 Å². The monoisotopic (exact) mass is 359 g/mol. The van der Waals surface area contributed by atoms with Crippen molar-refractivity contribution >= 4 is 43.2 Å². The molecule has 2 rings (SSSR count). The first kappa shape index (κ1) is 12.3. The lowest BCUT2D eigenvalue weighted by molar-refractivity contribution is 0.869. The van der Waals surface area contributed by atoms with Gasteiger partial charge in [-0.25, -0.2) is 0 Å². The first-order valence-electron chi connectivity index (χ1n) is 4.83. The van der Waals surface area contributed by atoms with E-state index in [9.17, 15) is 0 Å². The first-order chi connectivity index (χ1) is 7.58. The second-order valence-electron chi connectivity index (χ2n) is 3.63. The molecule has 0 saturated carbocycles. The summed E-state index contributed by atoms with van der Waals surface area (Å²) in [6.45, 7) is 2.09. The summed E-state index contributed by atoms with van der Waals surface area (Å²) in [6.07, 6.45) is 0. The molecule has 0 amide bonds. The van der Waals surface area contributed by atoms with Gasteiger partial charge < -0.3 is 5.73 Å². The van der Waals surface area contributed by atoms with Gasteiger partial charge in [0, 0.05) is 13.8 Å². The number of hydrogen-bond donors (Lipinski definition) is 1. The molecule has 84 valence electrons. The molecule has 1 heterocycles. The van der Waals surface area contributed by atoms with Gasteiger partial charge in [-0.2, -0.15) is 0 Å². The largest absolute Gasteiger partial charge is 0.320 e. The zero-order chi connectivity index (χ0) is 11.7. The van der Waals surface area contributed by atoms with Crippen molar-refractivity contribution in [1.29, 1.82) is 0 Å². The lowest BCUT2D eigenvalue weighted by Gasteiger charge is -2.13. The van der Waals surface area contributed by atoms with Crippen molar-refractivity contribution in [2.45, 2.75) is 13.0 Å². The van der Waals surface area contributed by atoms with Crippen LogP contribution in [0.4, 0.5) is 0 Å². The number of nitrogens with two attached hydrogens (primary N) is 1. The van der Waals surface area contributed by atoms with Gasteiger partial charge in [-0.1, -0.05) is 31.9 Å². The highest BCUT2D eigenvalue weighted by Crippen LogP contribution is 2.31. The summed E-state index contributed by atoms with van der Waals surface area (Å²) >= 11 is 8.74. The molecule has 0 aliphatic carbocycles. The fourth-order valence-electron chi connectivity index (χ4n) is 1.56. The van der Waals surface area contributed by atoms with Gasteiger partial charge in [-0.15, -0.1) is 11.3 Å². The van der Waals surface area contributed by atoms with E-state index in [2.05, 4.69) is 56.3 Å². The van der Waals surface area contributed by atoms with Gasteiger partial charge >= 0.3 is 0 Å². The topological polar surface area (TPSA) is 26.0 Å². The molecule has 1 aromatic carbocycles. The highest BCUT2D eigenvalue weighted by molar-refractivity contribution is 9.11. The molecule has 2 aromatic rings. The molecule has 16 heavy (non-hydrogen) atoms. The van der Waals surface area contributed by atoms with Crippen LogP contribution in [-0.2, 0) is 0 Å². The molecule has 1 unspecified atom stereocenters. The minimum absolute atomic E-state index is 0.0724. The molecule has 1 aromatic heterocycles. The summed E-state index contributed by atoms with van der Waals surface area (Å²) in [5.41, 5.74) is 8.53. The molecule has 0 fully saturated rings. The summed E-state index contributed by atoms with van der Waals surface area (Å²) < 4.78 is 2.10. The van der Waals surface area contributed by atoms with Crippen molar-refractivity contribution in [3.8, 4) is 0 Å². The normalized spacial score (nSPS) is 12.8. The molecule has 0 saturated heterocycles. The fraction of sp³-hybridized carbons (Fsp3) is 0.167. The predicted molar refractivity (Wildman–Crippen MR) is 76.9 cm³/mol. The van der Waals surface area contributed by atoms with Crippen LogP contribution < -0.4 is 5.73 Å². The predicted octanol–water partition coefficient (Wildman–Crippen LogP) is 4.63. The average Bonchev–Trinajstić information content (AvgIpc) is 2.67. The Morgan fingerprint density at radius 3 is 2.62 bits per heavy atom. The van der Waals surface area contributed by atoms with Crippen molar-refractivity contribution < 1.29 is 0 Å². The van der Waals surface area contributed by atoms with Gasteiger partial charge in [-0.05, 0) is 47.7 Å². The van der Waals surface area contributed by atoms with Gasteiger partial charge in [0.15, 0.2) is 0 Å². The maximum absolute atomic E-state index is 6.26. The van der Waals surface area contributed by atoms with Crippen LogP contribution in [0.1, 0.15) is 22.0 Å². The van der Waals surface area contributed by atoms with E-state index in [1.165, 1.54) is 10.4 Å². The molecule has 1 nitrogen and oxygen atoms in total. The van der Waals surface area contributed by atoms with Gasteiger partial charge in [0.1, 0.15) is 0 Å². The van der Waals surface area contributed by atoms with E-state index in [0.717, 1.165) is 14.5 Å². The Bertz CT molecular complexity index is 507. The molecule has 0 aliphatic heterocycles. The summed E-state index contributed by atoms with van der Waals surface area (Å²) in [5, 5.41) is 2.12. The third kappa shape index (κ3) is 2.56. The minimum atomic E-state index is -0.0724. The zero-order valence-electron chi connectivity index (χ0n) is 8.71. The van der Waals surface area contributed by atoms with E-state index in [1.54, 1.807) is 11.3 Å². The molecule has 4 heteroatoms. The summed E-state index contributed by atoms with van der Waals surface area (Å²) in [5.74, 6) is 0. The van der Waals surface area contributed by atoms with Crippen molar-refractivity contribution in [2.24, 2.45) is 5.73 Å². The zero-order valence-corrected chi connectivity index (χ0v) is 12.7. The van der Waals surface area contributed by atoms with Crippen LogP contribution in [0.25, 0.3) is 0 Å². The molecular formula is C12H11Br2NS. The second-order valence-corrected chi connectivity index (χ2v) is 6.52. The van der Waals surface area contributed by atoms with Crippen LogP contribution in [0, 0.1) is 6.92 Å². The summed E-state index contributed by atoms with van der Waals surface area (Å²) in [4.78, 5) is 1.29. The maximum Gasteiger partial charge on any atom is 0.0571 e. The molecular weight excluding hydrogens is 350 g/mol. The molecule has 1 atom stereocenters. The van der Waals surface area contributed by atoms with Crippen LogP contribution in [0.3, 0.4) is 0 Å². The van der Waals surface area contributed by atoms with Crippen LogP contribution in [-0.4, -0.2) is 0 Å². The second kappa shape index (κ2) is 5.00. The van der Waals surface area contributed by atoms with Crippen molar-refractivity contribution in [1.82, 2.24) is 0 Å². The Morgan fingerprint density at radius 2 is 2.00 bits per heavy atom. The number of hydrogen-bond acceptors (Lipinski definition) is 2. The quantitative estimate of drug-likeness (QED) is 0.830. The Balaban J connectivity index is 2.40. The van der Waals surface area contributed by atoms with Gasteiger partial charge in [-0.3, -0.25) is 0 Å². The number of aryl methyl sites for hydroxylation is 1. The Kier molecular flexibility index (Phi) is 3.85. The number of thiophene rings is 1. The standard InChI is InChI=1S/C12H11Br2NS/c1-7-4-8(6-16-7)12(15)10-5-9(13)2-3-11(10)14/h2-6,12H,15H2,1H3. The van der Waals surface area contributed by atoms with Crippen molar-refractivity contribution in [2.75, 3.05) is 0 Å². The number of rotatable bonds is 2. The molecule has 0 radical (unpaired) electrons. The fourth-order valence-corrected chi connectivity index (χ4v) is 3.17. The lowest BCUT2D eigenvalue weighted by Crippen LogP contribution is -2.11. The molecule has 2 N–H and O–H groups in total. The van der Waals surface area contributed by atoms with E-state index in [4.69, 9.17) is 5.73 Å². The van der Waals surface area contributed by atoms with E-state index in [1.807, 2.05) is 12.1 Å². The highest BCUT2D eigenvalue weighted by Gasteiger charge is 2.13. The highest BCUT2D eigenvalue weighted by atomic mass is 79.9. The van der Waals surface area contributed by atoms with Gasteiger partial charge in [0.05, 0.1) is 6.04 Å². The molecule has 0 bridgehead atoms. The summed E-state index contributed by atoms with van der Waals surface area (Å²) in [6, 6.07) is 8.14. The smallest absolute Gasteiger partial charge is 0.0571 e. The maximum atomic E-state index is 6.26. The number of benzene rings is 1. The SMILES string of the molecule is Cc1cc(C(N)c2cc(Br)ccc2Br)cs1. The minimum Gasteiger partial charge on any atom is -0.320 e. The number of halogens is 2. The molecule has 0 aliphatic rings.